The molecule has 2 N–H and O–H groups in total. The lowest BCUT2D eigenvalue weighted by atomic mass is 10.1. The summed E-state index contributed by atoms with van der Waals surface area (Å²) in [6, 6.07) is 1.76. The van der Waals surface area contributed by atoms with Crippen molar-refractivity contribution >= 4 is 33.7 Å². The SMILES string of the molecule is CCc1ncnc(N2CCC(O)CC2)c1C=Cc1cnc(C)c(NS(C)(=O)=O)c1. The fourth-order valence-corrected chi connectivity index (χ4v) is 3.93. The van der Waals surface area contributed by atoms with Gasteiger partial charge in [-0.3, -0.25) is 9.71 Å². The summed E-state index contributed by atoms with van der Waals surface area (Å²) in [4.78, 5) is 15.4. The van der Waals surface area contributed by atoms with Crippen LogP contribution in [0.15, 0.2) is 18.6 Å². The highest BCUT2D eigenvalue weighted by Crippen LogP contribution is 2.26. The number of piperidine rings is 1. The van der Waals surface area contributed by atoms with Crippen LogP contribution in [0.3, 0.4) is 0 Å². The van der Waals surface area contributed by atoms with E-state index in [-0.39, 0.29) is 6.10 Å². The zero-order valence-electron chi connectivity index (χ0n) is 17.0. The maximum absolute atomic E-state index is 11.6. The Morgan fingerprint density at radius 3 is 2.62 bits per heavy atom. The molecule has 1 aliphatic rings. The molecule has 0 radical (unpaired) electrons. The van der Waals surface area contributed by atoms with E-state index in [1.165, 1.54) is 0 Å². The third-order valence-electron chi connectivity index (χ3n) is 4.89. The van der Waals surface area contributed by atoms with Crippen molar-refractivity contribution in [3.05, 3.63) is 41.1 Å². The maximum atomic E-state index is 11.6. The molecule has 1 fully saturated rings. The first-order valence-corrected chi connectivity index (χ1v) is 11.6. The number of aliphatic hydroxyl groups excluding tert-OH is 1. The third-order valence-corrected chi connectivity index (χ3v) is 5.48. The van der Waals surface area contributed by atoms with Gasteiger partial charge in [-0.25, -0.2) is 18.4 Å². The van der Waals surface area contributed by atoms with Gasteiger partial charge in [0.05, 0.1) is 29.4 Å². The first kappa shape index (κ1) is 21.2. The number of pyridine rings is 1. The molecule has 8 nitrogen and oxygen atoms in total. The highest BCUT2D eigenvalue weighted by Gasteiger charge is 2.21. The summed E-state index contributed by atoms with van der Waals surface area (Å²) in [7, 11) is -3.38. The van der Waals surface area contributed by atoms with E-state index in [1.807, 2.05) is 19.1 Å². The van der Waals surface area contributed by atoms with Gasteiger partial charge in [0.1, 0.15) is 12.1 Å². The molecule has 29 heavy (non-hydrogen) atoms. The Morgan fingerprint density at radius 1 is 1.24 bits per heavy atom. The van der Waals surface area contributed by atoms with Gasteiger partial charge in [-0.15, -0.1) is 0 Å². The van der Waals surface area contributed by atoms with Crippen LogP contribution in [0.4, 0.5) is 11.5 Å². The van der Waals surface area contributed by atoms with E-state index in [9.17, 15) is 13.5 Å². The van der Waals surface area contributed by atoms with E-state index < -0.39 is 10.0 Å². The molecule has 156 valence electrons. The van der Waals surface area contributed by atoms with E-state index >= 15 is 0 Å². The molecular weight excluding hydrogens is 390 g/mol. The Kier molecular flexibility index (Phi) is 6.49. The molecule has 1 aliphatic heterocycles. The van der Waals surface area contributed by atoms with Gasteiger partial charge >= 0.3 is 0 Å². The smallest absolute Gasteiger partial charge is 0.229 e. The fraction of sp³-hybridized carbons (Fsp3) is 0.450. The minimum absolute atomic E-state index is 0.253. The number of sulfonamides is 1. The minimum Gasteiger partial charge on any atom is -0.393 e. The van der Waals surface area contributed by atoms with Crippen LogP contribution in [-0.2, 0) is 16.4 Å². The van der Waals surface area contributed by atoms with Crippen molar-refractivity contribution in [2.75, 3.05) is 29.0 Å². The van der Waals surface area contributed by atoms with E-state index in [2.05, 4.69) is 24.6 Å². The Labute approximate surface area is 171 Å². The van der Waals surface area contributed by atoms with Crippen LogP contribution < -0.4 is 9.62 Å². The zero-order valence-corrected chi connectivity index (χ0v) is 17.8. The Bertz CT molecular complexity index is 999. The van der Waals surface area contributed by atoms with Crippen molar-refractivity contribution < 1.29 is 13.5 Å². The van der Waals surface area contributed by atoms with Gasteiger partial charge in [0.15, 0.2) is 0 Å². The summed E-state index contributed by atoms with van der Waals surface area (Å²) in [5.41, 5.74) is 3.71. The van der Waals surface area contributed by atoms with Gasteiger partial charge in [-0.2, -0.15) is 0 Å². The molecule has 0 unspecified atom stereocenters. The Morgan fingerprint density at radius 2 is 1.97 bits per heavy atom. The number of rotatable bonds is 6. The van der Waals surface area contributed by atoms with Gasteiger partial charge < -0.3 is 10.0 Å². The van der Waals surface area contributed by atoms with Gasteiger partial charge in [-0.05, 0) is 43.9 Å². The molecule has 0 aromatic carbocycles. The lowest BCUT2D eigenvalue weighted by molar-refractivity contribution is 0.145. The molecule has 2 aromatic rings. The number of hydrogen-bond donors (Lipinski definition) is 2. The van der Waals surface area contributed by atoms with Crippen LogP contribution in [0.2, 0.25) is 0 Å². The van der Waals surface area contributed by atoms with Crippen molar-refractivity contribution in [3.63, 3.8) is 0 Å². The molecule has 0 spiro atoms. The average Bonchev–Trinajstić information content (AvgIpc) is 2.68. The predicted octanol–water partition coefficient (Wildman–Crippen LogP) is 2.25. The number of nitrogens with zero attached hydrogens (tertiary/aromatic N) is 4. The molecular formula is C20H27N5O3S. The average molecular weight is 418 g/mol. The highest BCUT2D eigenvalue weighted by molar-refractivity contribution is 7.92. The molecule has 0 aliphatic carbocycles. The van der Waals surface area contributed by atoms with Crippen LogP contribution in [0.25, 0.3) is 12.2 Å². The van der Waals surface area contributed by atoms with Crippen LogP contribution in [0.5, 0.6) is 0 Å². The molecule has 0 saturated carbocycles. The second kappa shape index (κ2) is 8.87. The first-order chi connectivity index (χ1) is 13.8. The number of hydrogen-bond acceptors (Lipinski definition) is 7. The largest absolute Gasteiger partial charge is 0.393 e. The van der Waals surface area contributed by atoms with E-state index in [1.54, 1.807) is 25.5 Å². The number of aliphatic hydroxyl groups is 1. The lowest BCUT2D eigenvalue weighted by Gasteiger charge is -2.31. The lowest BCUT2D eigenvalue weighted by Crippen LogP contribution is -2.36. The summed E-state index contributed by atoms with van der Waals surface area (Å²) >= 11 is 0. The number of nitrogens with one attached hydrogen (secondary N) is 1. The minimum atomic E-state index is -3.38. The van der Waals surface area contributed by atoms with Gasteiger partial charge in [-0.1, -0.05) is 13.0 Å². The summed E-state index contributed by atoms with van der Waals surface area (Å²) < 4.78 is 25.6. The summed E-state index contributed by atoms with van der Waals surface area (Å²) in [5.74, 6) is 0.856. The van der Waals surface area contributed by atoms with E-state index in [4.69, 9.17) is 0 Å². The van der Waals surface area contributed by atoms with Crippen molar-refractivity contribution in [1.82, 2.24) is 15.0 Å². The second-order valence-corrected chi connectivity index (χ2v) is 8.99. The van der Waals surface area contributed by atoms with Gasteiger partial charge in [0.2, 0.25) is 10.0 Å². The molecule has 0 amide bonds. The Balaban J connectivity index is 1.93. The number of anilines is 2. The third kappa shape index (κ3) is 5.51. The molecule has 3 heterocycles. The number of aryl methyl sites for hydroxylation is 2. The summed E-state index contributed by atoms with van der Waals surface area (Å²) in [6.07, 6.45) is 10.2. The summed E-state index contributed by atoms with van der Waals surface area (Å²) in [6.45, 7) is 5.29. The summed E-state index contributed by atoms with van der Waals surface area (Å²) in [5, 5.41) is 9.80. The first-order valence-electron chi connectivity index (χ1n) is 9.66. The Hall–Kier alpha value is -2.52. The van der Waals surface area contributed by atoms with Crippen molar-refractivity contribution in [2.24, 2.45) is 0 Å². The normalized spacial score (nSPS) is 15.8. The molecule has 1 saturated heterocycles. The second-order valence-electron chi connectivity index (χ2n) is 7.24. The fourth-order valence-electron chi connectivity index (χ4n) is 3.33. The van der Waals surface area contributed by atoms with Crippen molar-refractivity contribution in [3.8, 4) is 0 Å². The topological polar surface area (TPSA) is 108 Å². The molecule has 3 rings (SSSR count). The van der Waals surface area contributed by atoms with Crippen LogP contribution in [0.1, 0.15) is 42.3 Å². The molecule has 9 heteroatoms. The van der Waals surface area contributed by atoms with Crippen LogP contribution >= 0.6 is 0 Å². The molecule has 2 aromatic heterocycles. The standard InChI is InChI=1S/C20H27N5O3S/c1-4-18-17(20(23-13-22-18)25-9-7-16(26)8-10-25)6-5-15-11-19(14(2)21-12-15)24-29(3,27)28/h5-6,11-13,16,24,26H,4,7-10H2,1-3H3. The van der Waals surface area contributed by atoms with E-state index in [0.29, 0.717) is 11.4 Å². The van der Waals surface area contributed by atoms with E-state index in [0.717, 1.165) is 61.2 Å². The van der Waals surface area contributed by atoms with Crippen molar-refractivity contribution in [1.29, 1.82) is 0 Å². The zero-order chi connectivity index (χ0) is 21.0. The van der Waals surface area contributed by atoms with Crippen LogP contribution in [0, 0.1) is 6.92 Å². The van der Waals surface area contributed by atoms with Crippen molar-refractivity contribution in [2.45, 2.75) is 39.2 Å². The van der Waals surface area contributed by atoms with Crippen LogP contribution in [-0.4, -0.2) is 53.9 Å². The molecule has 0 bridgehead atoms. The van der Waals surface area contributed by atoms with Gasteiger partial charge in [0.25, 0.3) is 0 Å². The quantitative estimate of drug-likeness (QED) is 0.742. The number of aromatic nitrogens is 3. The highest BCUT2D eigenvalue weighted by atomic mass is 32.2. The molecule has 0 atom stereocenters. The predicted molar refractivity (Wildman–Crippen MR) is 115 cm³/mol. The maximum Gasteiger partial charge on any atom is 0.229 e. The van der Waals surface area contributed by atoms with Gasteiger partial charge in [0, 0.05) is 24.8 Å². The monoisotopic (exact) mass is 417 g/mol.